The molecule has 0 saturated carbocycles. The monoisotopic (exact) mass is 340 g/mol. The zero-order valence-corrected chi connectivity index (χ0v) is 13.9. The maximum Gasteiger partial charge on any atom is 0.273 e. The molecule has 0 spiro atoms. The van der Waals surface area contributed by atoms with Gasteiger partial charge in [0.25, 0.3) is 5.91 Å². The minimum absolute atomic E-state index is 0.0252. The fourth-order valence-corrected chi connectivity index (χ4v) is 2.58. The van der Waals surface area contributed by atoms with Crippen molar-refractivity contribution in [2.45, 2.75) is 25.9 Å². The maximum absolute atomic E-state index is 12.4. The molecule has 2 N–H and O–H groups in total. The number of benzene rings is 1. The van der Waals surface area contributed by atoms with E-state index in [1.54, 1.807) is 16.9 Å². The second-order valence-electron chi connectivity index (χ2n) is 5.84. The van der Waals surface area contributed by atoms with E-state index in [2.05, 4.69) is 15.6 Å². The van der Waals surface area contributed by atoms with Gasteiger partial charge >= 0.3 is 0 Å². The van der Waals surface area contributed by atoms with Crippen molar-refractivity contribution >= 4 is 5.91 Å². The number of amides is 1. The molecule has 0 aliphatic rings. The van der Waals surface area contributed by atoms with Gasteiger partial charge in [-0.25, -0.2) is 0 Å². The molecule has 0 aliphatic heterocycles. The summed E-state index contributed by atoms with van der Waals surface area (Å²) in [6, 6.07) is 10.8. The number of aliphatic hydroxyl groups excluding tert-OH is 1. The summed E-state index contributed by atoms with van der Waals surface area (Å²) >= 11 is 0. The molecule has 3 aromatic rings. The Bertz CT molecular complexity index is 826. The van der Waals surface area contributed by atoms with Gasteiger partial charge in [0.2, 0.25) is 0 Å². The van der Waals surface area contributed by atoms with E-state index in [1.807, 2.05) is 43.5 Å². The van der Waals surface area contributed by atoms with Crippen LogP contribution < -0.4 is 5.32 Å². The van der Waals surface area contributed by atoms with Crippen LogP contribution in [-0.2, 0) is 6.54 Å². The predicted octanol–water partition coefficient (Wildman–Crippen LogP) is 2.08. The number of carbonyl (C=O) groups excluding carboxylic acids is 1. The van der Waals surface area contributed by atoms with Crippen molar-refractivity contribution < 1.29 is 14.4 Å². The van der Waals surface area contributed by atoms with E-state index < -0.39 is 0 Å². The lowest BCUT2D eigenvalue weighted by atomic mass is 10.0. The highest BCUT2D eigenvalue weighted by Crippen LogP contribution is 2.17. The van der Waals surface area contributed by atoms with Crippen LogP contribution in [0.3, 0.4) is 0 Å². The van der Waals surface area contributed by atoms with Crippen LogP contribution in [0.25, 0.3) is 0 Å². The lowest BCUT2D eigenvalue weighted by molar-refractivity contribution is 0.0920. The first kappa shape index (κ1) is 16.9. The largest absolute Gasteiger partial charge is 0.396 e. The Hall–Kier alpha value is -2.93. The summed E-state index contributed by atoms with van der Waals surface area (Å²) in [5.74, 6) is 0.209. The normalized spacial score (nSPS) is 12.1. The number of hydrogen-bond acceptors (Lipinski definition) is 5. The van der Waals surface area contributed by atoms with E-state index in [-0.39, 0.29) is 24.2 Å². The molecule has 0 aliphatic carbocycles. The van der Waals surface area contributed by atoms with Crippen LogP contribution in [0, 0.1) is 6.92 Å². The zero-order valence-electron chi connectivity index (χ0n) is 13.9. The smallest absolute Gasteiger partial charge is 0.273 e. The standard InChI is InChI=1S/C18H20N4O3/c1-13-10-19-22(11-13)12-15-9-17(21-25-15)18(24)20-16(7-8-23)14-5-3-2-4-6-14/h2-6,9-11,16,23H,7-8,12H2,1H3,(H,20,24). The van der Waals surface area contributed by atoms with Gasteiger partial charge < -0.3 is 14.9 Å². The number of hydrogen-bond donors (Lipinski definition) is 2. The first-order valence-corrected chi connectivity index (χ1v) is 8.07. The highest BCUT2D eigenvalue weighted by Gasteiger charge is 2.18. The third kappa shape index (κ3) is 4.33. The summed E-state index contributed by atoms with van der Waals surface area (Å²) in [6.07, 6.45) is 4.06. The highest BCUT2D eigenvalue weighted by molar-refractivity contribution is 5.92. The minimum Gasteiger partial charge on any atom is -0.396 e. The average Bonchev–Trinajstić information content (AvgIpc) is 3.25. The molecular weight excluding hydrogens is 320 g/mol. The van der Waals surface area contributed by atoms with Crippen LogP contribution in [0.15, 0.2) is 53.3 Å². The number of nitrogens with zero attached hydrogens (tertiary/aromatic N) is 3. The molecule has 2 heterocycles. The quantitative estimate of drug-likeness (QED) is 0.687. The summed E-state index contributed by atoms with van der Waals surface area (Å²) < 4.78 is 6.94. The van der Waals surface area contributed by atoms with Crippen molar-refractivity contribution in [2.75, 3.05) is 6.61 Å². The van der Waals surface area contributed by atoms with E-state index in [9.17, 15) is 9.90 Å². The summed E-state index contributed by atoms with van der Waals surface area (Å²) in [5.41, 5.74) is 2.19. The van der Waals surface area contributed by atoms with E-state index in [0.29, 0.717) is 18.7 Å². The van der Waals surface area contributed by atoms with Crippen molar-refractivity contribution in [3.8, 4) is 0 Å². The fraction of sp³-hybridized carbons (Fsp3) is 0.278. The van der Waals surface area contributed by atoms with Gasteiger partial charge in [-0.3, -0.25) is 9.48 Å². The molecule has 2 aromatic heterocycles. The molecule has 1 unspecified atom stereocenters. The highest BCUT2D eigenvalue weighted by atomic mass is 16.5. The van der Waals surface area contributed by atoms with Crippen molar-refractivity contribution in [3.63, 3.8) is 0 Å². The van der Waals surface area contributed by atoms with Crippen LogP contribution in [0.2, 0.25) is 0 Å². The van der Waals surface area contributed by atoms with Crippen molar-refractivity contribution in [3.05, 3.63) is 71.4 Å². The number of rotatable bonds is 7. The van der Waals surface area contributed by atoms with Gasteiger partial charge in [0.05, 0.1) is 12.2 Å². The van der Waals surface area contributed by atoms with Crippen molar-refractivity contribution in [1.29, 1.82) is 0 Å². The molecular formula is C18H20N4O3. The second-order valence-corrected chi connectivity index (χ2v) is 5.84. The third-order valence-electron chi connectivity index (χ3n) is 3.80. The molecule has 0 fully saturated rings. The van der Waals surface area contributed by atoms with Crippen molar-refractivity contribution in [2.24, 2.45) is 0 Å². The van der Waals surface area contributed by atoms with E-state index in [4.69, 9.17) is 4.52 Å². The van der Waals surface area contributed by atoms with Gasteiger partial charge in [0, 0.05) is 18.9 Å². The number of aliphatic hydroxyl groups is 1. The average molecular weight is 340 g/mol. The van der Waals surface area contributed by atoms with Gasteiger partial charge in [-0.15, -0.1) is 0 Å². The Balaban J connectivity index is 1.68. The molecule has 0 bridgehead atoms. The van der Waals surface area contributed by atoms with Gasteiger partial charge in [-0.1, -0.05) is 35.5 Å². The molecule has 0 saturated heterocycles. The van der Waals surface area contributed by atoms with E-state index in [0.717, 1.165) is 11.1 Å². The Kier molecular flexibility index (Phi) is 5.25. The molecule has 25 heavy (non-hydrogen) atoms. The minimum atomic E-state index is -0.339. The lowest BCUT2D eigenvalue weighted by Crippen LogP contribution is -2.29. The van der Waals surface area contributed by atoms with Crippen LogP contribution in [0.5, 0.6) is 0 Å². The van der Waals surface area contributed by atoms with Crippen LogP contribution in [0.1, 0.15) is 39.8 Å². The predicted molar refractivity (Wildman–Crippen MR) is 90.9 cm³/mol. The van der Waals surface area contributed by atoms with E-state index in [1.165, 1.54) is 0 Å². The Morgan fingerprint density at radius 2 is 2.16 bits per heavy atom. The van der Waals surface area contributed by atoms with Crippen LogP contribution in [0.4, 0.5) is 0 Å². The maximum atomic E-state index is 12.4. The van der Waals surface area contributed by atoms with Gasteiger partial charge in [-0.05, 0) is 24.5 Å². The number of nitrogens with one attached hydrogen (secondary N) is 1. The Morgan fingerprint density at radius 3 is 2.84 bits per heavy atom. The molecule has 1 aromatic carbocycles. The molecule has 3 rings (SSSR count). The molecule has 130 valence electrons. The number of carbonyl (C=O) groups is 1. The van der Waals surface area contributed by atoms with Gasteiger partial charge in [0.1, 0.15) is 6.54 Å². The molecule has 7 heteroatoms. The molecule has 0 radical (unpaired) electrons. The van der Waals surface area contributed by atoms with Gasteiger partial charge in [0.15, 0.2) is 11.5 Å². The fourth-order valence-electron chi connectivity index (χ4n) is 2.58. The van der Waals surface area contributed by atoms with Crippen LogP contribution >= 0.6 is 0 Å². The summed E-state index contributed by atoms with van der Waals surface area (Å²) in [7, 11) is 0. The Morgan fingerprint density at radius 1 is 1.36 bits per heavy atom. The number of aryl methyl sites for hydroxylation is 1. The third-order valence-corrected chi connectivity index (χ3v) is 3.80. The first-order valence-electron chi connectivity index (χ1n) is 8.07. The summed E-state index contributed by atoms with van der Waals surface area (Å²) in [5, 5.41) is 20.2. The Labute approximate surface area is 145 Å². The molecule has 1 atom stereocenters. The zero-order chi connectivity index (χ0) is 17.6. The SMILES string of the molecule is Cc1cnn(Cc2cc(C(=O)NC(CCO)c3ccccc3)no2)c1. The van der Waals surface area contributed by atoms with Gasteiger partial charge in [-0.2, -0.15) is 5.10 Å². The summed E-state index contributed by atoms with van der Waals surface area (Å²) in [4.78, 5) is 12.4. The molecule has 7 nitrogen and oxygen atoms in total. The topological polar surface area (TPSA) is 93.2 Å². The first-order chi connectivity index (χ1) is 12.2. The van der Waals surface area contributed by atoms with Crippen molar-refractivity contribution in [1.82, 2.24) is 20.3 Å². The molecule has 1 amide bonds. The number of aromatic nitrogens is 3. The second kappa shape index (κ2) is 7.76. The summed E-state index contributed by atoms with van der Waals surface area (Å²) in [6.45, 7) is 2.34. The lowest BCUT2D eigenvalue weighted by Gasteiger charge is -2.17. The van der Waals surface area contributed by atoms with E-state index >= 15 is 0 Å². The van der Waals surface area contributed by atoms with Crippen LogP contribution in [-0.4, -0.2) is 32.6 Å².